The SMILES string of the molecule is CCCCCCn1c(SCCC(C)C)nc2c1c(=O)[nH]c(=O)n2C. The molecule has 0 fully saturated rings. The Morgan fingerprint density at radius 2 is 1.96 bits per heavy atom. The molecule has 0 bridgehead atoms. The summed E-state index contributed by atoms with van der Waals surface area (Å²) in [7, 11) is 1.65. The van der Waals surface area contributed by atoms with Crippen molar-refractivity contribution in [2.75, 3.05) is 5.75 Å². The van der Waals surface area contributed by atoms with Gasteiger partial charge in [-0.05, 0) is 18.8 Å². The molecule has 2 rings (SSSR count). The average Bonchev–Trinajstić information content (AvgIpc) is 2.88. The summed E-state index contributed by atoms with van der Waals surface area (Å²) in [6.07, 6.45) is 5.61. The van der Waals surface area contributed by atoms with Crippen molar-refractivity contribution >= 4 is 22.9 Å². The van der Waals surface area contributed by atoms with E-state index < -0.39 is 5.69 Å². The number of hydrogen-bond donors (Lipinski definition) is 1. The molecule has 0 aliphatic heterocycles. The Morgan fingerprint density at radius 3 is 2.62 bits per heavy atom. The second-order valence-electron chi connectivity index (χ2n) is 6.63. The van der Waals surface area contributed by atoms with E-state index >= 15 is 0 Å². The van der Waals surface area contributed by atoms with Gasteiger partial charge in [0.2, 0.25) is 0 Å². The number of thioether (sulfide) groups is 1. The largest absolute Gasteiger partial charge is 0.329 e. The van der Waals surface area contributed by atoms with Gasteiger partial charge in [-0.15, -0.1) is 0 Å². The van der Waals surface area contributed by atoms with E-state index in [2.05, 4.69) is 30.7 Å². The molecule has 0 aliphatic carbocycles. The minimum Gasteiger partial charge on any atom is -0.313 e. The third-order valence-electron chi connectivity index (χ3n) is 4.13. The van der Waals surface area contributed by atoms with Crippen LogP contribution in [0.4, 0.5) is 0 Å². The Labute approximate surface area is 146 Å². The molecule has 24 heavy (non-hydrogen) atoms. The number of aromatic nitrogens is 4. The van der Waals surface area contributed by atoms with E-state index in [1.54, 1.807) is 18.8 Å². The average molecular weight is 353 g/mol. The fraction of sp³-hybridized carbons (Fsp3) is 0.706. The van der Waals surface area contributed by atoms with E-state index in [4.69, 9.17) is 0 Å². The molecule has 0 atom stereocenters. The summed E-state index contributed by atoms with van der Waals surface area (Å²) >= 11 is 1.67. The summed E-state index contributed by atoms with van der Waals surface area (Å²) < 4.78 is 3.42. The van der Waals surface area contributed by atoms with Gasteiger partial charge in [0.25, 0.3) is 5.56 Å². The summed E-state index contributed by atoms with van der Waals surface area (Å²) in [5, 5.41) is 0.842. The Hall–Kier alpha value is -1.50. The molecule has 0 amide bonds. The molecule has 0 spiro atoms. The standard InChI is InChI=1S/C17H28N4O2S/c1-5-6-7-8-10-21-13-14(20(4)16(23)19-15(13)22)18-17(21)24-11-9-12(2)3/h12H,5-11H2,1-4H3,(H,19,22,23). The normalized spacial score (nSPS) is 11.7. The molecule has 2 aromatic rings. The molecule has 0 saturated carbocycles. The molecule has 2 aromatic heterocycles. The van der Waals surface area contributed by atoms with E-state index in [1.807, 2.05) is 4.57 Å². The van der Waals surface area contributed by atoms with Crippen LogP contribution >= 0.6 is 11.8 Å². The third-order valence-corrected chi connectivity index (χ3v) is 5.14. The maximum atomic E-state index is 12.3. The van der Waals surface area contributed by atoms with Crippen molar-refractivity contribution in [1.29, 1.82) is 0 Å². The van der Waals surface area contributed by atoms with Crippen LogP contribution in [0.5, 0.6) is 0 Å². The zero-order chi connectivity index (χ0) is 17.7. The molecule has 2 heterocycles. The number of nitrogens with one attached hydrogen (secondary N) is 1. The third kappa shape index (κ3) is 4.32. The Morgan fingerprint density at radius 1 is 1.21 bits per heavy atom. The highest BCUT2D eigenvalue weighted by Crippen LogP contribution is 2.24. The van der Waals surface area contributed by atoms with Crippen LogP contribution in [0.3, 0.4) is 0 Å². The lowest BCUT2D eigenvalue weighted by atomic mass is 10.2. The first-order valence-corrected chi connectivity index (χ1v) is 9.76. The summed E-state index contributed by atoms with van der Waals surface area (Å²) in [6.45, 7) is 7.34. The lowest BCUT2D eigenvalue weighted by molar-refractivity contribution is 0.561. The molecule has 0 saturated heterocycles. The maximum absolute atomic E-state index is 12.3. The highest BCUT2D eigenvalue weighted by atomic mass is 32.2. The second kappa shape index (κ2) is 8.55. The topological polar surface area (TPSA) is 72.7 Å². The first-order valence-electron chi connectivity index (χ1n) is 8.78. The van der Waals surface area contributed by atoms with Crippen LogP contribution in [0, 0.1) is 5.92 Å². The van der Waals surface area contributed by atoms with Crippen molar-refractivity contribution < 1.29 is 0 Å². The molecule has 0 aromatic carbocycles. The van der Waals surface area contributed by atoms with Crippen LogP contribution in [0.15, 0.2) is 14.7 Å². The number of fused-ring (bicyclic) bond motifs is 1. The van der Waals surface area contributed by atoms with E-state index in [9.17, 15) is 9.59 Å². The van der Waals surface area contributed by atoms with Gasteiger partial charge in [0, 0.05) is 19.3 Å². The number of rotatable bonds is 9. The second-order valence-corrected chi connectivity index (χ2v) is 7.69. The first kappa shape index (κ1) is 18.8. The fourth-order valence-corrected chi connectivity index (χ4v) is 3.88. The number of unbranched alkanes of at least 4 members (excludes halogenated alkanes) is 3. The summed E-state index contributed by atoms with van der Waals surface area (Å²) in [4.78, 5) is 31.1. The van der Waals surface area contributed by atoms with E-state index in [-0.39, 0.29) is 5.56 Å². The van der Waals surface area contributed by atoms with Crippen molar-refractivity contribution in [2.45, 2.75) is 64.6 Å². The molecule has 0 unspecified atom stereocenters. The van der Waals surface area contributed by atoms with Gasteiger partial charge in [-0.1, -0.05) is 51.8 Å². The minimum absolute atomic E-state index is 0.341. The van der Waals surface area contributed by atoms with E-state index in [0.29, 0.717) is 17.1 Å². The minimum atomic E-state index is -0.415. The number of hydrogen-bond acceptors (Lipinski definition) is 4. The Balaban J connectivity index is 2.38. The number of nitrogens with zero attached hydrogens (tertiary/aromatic N) is 3. The fourth-order valence-electron chi connectivity index (χ4n) is 2.61. The Kier molecular flexibility index (Phi) is 6.71. The lowest BCUT2D eigenvalue weighted by Gasteiger charge is -2.09. The van der Waals surface area contributed by atoms with Crippen molar-refractivity contribution in [2.24, 2.45) is 13.0 Å². The van der Waals surface area contributed by atoms with Crippen molar-refractivity contribution in [3.8, 4) is 0 Å². The van der Waals surface area contributed by atoms with Crippen molar-refractivity contribution in [3.05, 3.63) is 20.8 Å². The van der Waals surface area contributed by atoms with Crippen molar-refractivity contribution in [3.63, 3.8) is 0 Å². The monoisotopic (exact) mass is 352 g/mol. The first-order chi connectivity index (χ1) is 11.5. The van der Waals surface area contributed by atoms with Crippen LogP contribution in [0.25, 0.3) is 11.2 Å². The quantitative estimate of drug-likeness (QED) is 0.556. The van der Waals surface area contributed by atoms with Crippen LogP contribution in [-0.2, 0) is 13.6 Å². The predicted molar refractivity (Wildman–Crippen MR) is 99.9 cm³/mol. The summed E-state index contributed by atoms with van der Waals surface area (Å²) in [5.74, 6) is 1.59. The molecular weight excluding hydrogens is 324 g/mol. The van der Waals surface area contributed by atoms with E-state index in [1.165, 1.54) is 17.4 Å². The summed E-state index contributed by atoms with van der Waals surface area (Å²) in [6, 6.07) is 0. The zero-order valence-corrected chi connectivity index (χ0v) is 15.9. The number of aromatic amines is 1. The van der Waals surface area contributed by atoms with Crippen LogP contribution in [0.1, 0.15) is 52.9 Å². The molecule has 6 nitrogen and oxygen atoms in total. The number of H-pyrrole nitrogens is 1. The van der Waals surface area contributed by atoms with Gasteiger partial charge in [-0.2, -0.15) is 0 Å². The molecule has 0 aliphatic rings. The Bertz CT molecular complexity index is 788. The van der Waals surface area contributed by atoms with Crippen LogP contribution < -0.4 is 11.2 Å². The van der Waals surface area contributed by atoms with Gasteiger partial charge in [-0.3, -0.25) is 14.3 Å². The zero-order valence-electron chi connectivity index (χ0n) is 15.1. The van der Waals surface area contributed by atoms with Gasteiger partial charge in [0.05, 0.1) is 0 Å². The van der Waals surface area contributed by atoms with Gasteiger partial charge in [0.1, 0.15) is 0 Å². The van der Waals surface area contributed by atoms with Gasteiger partial charge < -0.3 is 4.57 Å². The number of aryl methyl sites for hydroxylation is 2. The molecule has 7 heteroatoms. The van der Waals surface area contributed by atoms with Crippen LogP contribution in [0.2, 0.25) is 0 Å². The lowest BCUT2D eigenvalue weighted by Crippen LogP contribution is -2.29. The number of imidazole rings is 1. The predicted octanol–water partition coefficient (Wildman–Crippen LogP) is 3.14. The molecular formula is C17H28N4O2S. The van der Waals surface area contributed by atoms with E-state index in [0.717, 1.165) is 36.7 Å². The maximum Gasteiger partial charge on any atom is 0.329 e. The smallest absolute Gasteiger partial charge is 0.313 e. The van der Waals surface area contributed by atoms with Crippen molar-refractivity contribution in [1.82, 2.24) is 19.1 Å². The molecule has 134 valence electrons. The van der Waals surface area contributed by atoms with Crippen LogP contribution in [-0.4, -0.2) is 24.9 Å². The highest BCUT2D eigenvalue weighted by molar-refractivity contribution is 7.99. The molecule has 1 N–H and O–H groups in total. The van der Waals surface area contributed by atoms with Gasteiger partial charge in [-0.25, -0.2) is 9.78 Å². The van der Waals surface area contributed by atoms with Gasteiger partial charge in [0.15, 0.2) is 16.3 Å². The summed E-state index contributed by atoms with van der Waals surface area (Å²) in [5.41, 5.74) is 0.237. The van der Waals surface area contributed by atoms with Gasteiger partial charge >= 0.3 is 5.69 Å². The molecule has 0 radical (unpaired) electrons. The highest BCUT2D eigenvalue weighted by Gasteiger charge is 2.17.